The van der Waals surface area contributed by atoms with E-state index in [0.29, 0.717) is 28.2 Å². The predicted molar refractivity (Wildman–Crippen MR) is 98.5 cm³/mol. The molecule has 25 heavy (non-hydrogen) atoms. The van der Waals surface area contributed by atoms with E-state index in [0.717, 1.165) is 16.3 Å². The van der Waals surface area contributed by atoms with Gasteiger partial charge in [0.05, 0.1) is 25.2 Å². The lowest BCUT2D eigenvalue weighted by atomic mass is 10.0. The van der Waals surface area contributed by atoms with Crippen molar-refractivity contribution in [1.29, 1.82) is 0 Å². The standard InChI is InChI=1S/C21H16O4/c1-23-14-8-10-18-16(11-14)17(22)12-20(25-18)21-15-6-4-3-5-13(15)7-9-19(21)24-2/h3-12H,1-2H3. The molecule has 4 rings (SSSR count). The highest BCUT2D eigenvalue weighted by Gasteiger charge is 2.15. The first-order valence-corrected chi connectivity index (χ1v) is 7.89. The van der Waals surface area contributed by atoms with Gasteiger partial charge in [-0.1, -0.05) is 30.3 Å². The Morgan fingerprint density at radius 2 is 1.68 bits per heavy atom. The molecule has 0 bridgehead atoms. The molecule has 0 unspecified atom stereocenters. The van der Waals surface area contributed by atoms with Crippen molar-refractivity contribution in [2.45, 2.75) is 0 Å². The van der Waals surface area contributed by atoms with Crippen molar-refractivity contribution in [3.8, 4) is 22.8 Å². The molecule has 1 heterocycles. The van der Waals surface area contributed by atoms with E-state index in [1.54, 1.807) is 32.4 Å². The Bertz CT molecular complexity index is 1140. The first-order chi connectivity index (χ1) is 12.2. The zero-order valence-electron chi connectivity index (χ0n) is 13.9. The van der Waals surface area contributed by atoms with Crippen LogP contribution in [0.5, 0.6) is 11.5 Å². The van der Waals surface area contributed by atoms with Crippen LogP contribution in [0.2, 0.25) is 0 Å². The maximum Gasteiger partial charge on any atom is 0.193 e. The van der Waals surface area contributed by atoms with E-state index in [9.17, 15) is 4.79 Å². The van der Waals surface area contributed by atoms with Crippen LogP contribution in [-0.2, 0) is 0 Å². The van der Waals surface area contributed by atoms with E-state index in [1.165, 1.54) is 6.07 Å². The van der Waals surface area contributed by atoms with Crippen molar-refractivity contribution < 1.29 is 13.9 Å². The summed E-state index contributed by atoms with van der Waals surface area (Å²) < 4.78 is 16.7. The number of hydrogen-bond acceptors (Lipinski definition) is 4. The predicted octanol–water partition coefficient (Wildman–Crippen LogP) is 4.63. The van der Waals surface area contributed by atoms with Crippen LogP contribution in [0.3, 0.4) is 0 Å². The van der Waals surface area contributed by atoms with Gasteiger partial charge < -0.3 is 13.9 Å². The second kappa shape index (κ2) is 5.98. The van der Waals surface area contributed by atoms with Gasteiger partial charge in [0.15, 0.2) is 5.43 Å². The SMILES string of the molecule is COc1ccc2oc(-c3c(OC)ccc4ccccc34)cc(=O)c2c1. The Balaban J connectivity index is 2.05. The van der Waals surface area contributed by atoms with Crippen LogP contribution in [0.15, 0.2) is 69.9 Å². The molecule has 3 aromatic carbocycles. The van der Waals surface area contributed by atoms with Crippen molar-refractivity contribution in [1.82, 2.24) is 0 Å². The van der Waals surface area contributed by atoms with E-state index in [4.69, 9.17) is 13.9 Å². The molecule has 4 nitrogen and oxygen atoms in total. The van der Waals surface area contributed by atoms with Gasteiger partial charge >= 0.3 is 0 Å². The highest BCUT2D eigenvalue weighted by Crippen LogP contribution is 2.37. The maximum absolute atomic E-state index is 12.6. The van der Waals surface area contributed by atoms with Gasteiger partial charge in [0.25, 0.3) is 0 Å². The Labute approximate surface area is 144 Å². The summed E-state index contributed by atoms with van der Waals surface area (Å²) in [6.07, 6.45) is 0. The lowest BCUT2D eigenvalue weighted by Gasteiger charge is -2.12. The molecule has 0 amide bonds. The van der Waals surface area contributed by atoms with E-state index < -0.39 is 0 Å². The average molecular weight is 332 g/mol. The fourth-order valence-electron chi connectivity index (χ4n) is 3.06. The van der Waals surface area contributed by atoms with Crippen molar-refractivity contribution in [2.75, 3.05) is 14.2 Å². The van der Waals surface area contributed by atoms with Crippen LogP contribution in [0.4, 0.5) is 0 Å². The second-order valence-corrected chi connectivity index (χ2v) is 5.70. The van der Waals surface area contributed by atoms with Crippen LogP contribution in [0.1, 0.15) is 0 Å². The molecule has 0 fully saturated rings. The molecule has 4 aromatic rings. The number of ether oxygens (including phenoxy) is 2. The maximum atomic E-state index is 12.6. The van der Waals surface area contributed by atoms with Crippen molar-refractivity contribution in [2.24, 2.45) is 0 Å². The van der Waals surface area contributed by atoms with Gasteiger partial charge in [0, 0.05) is 6.07 Å². The molecule has 0 saturated carbocycles. The molecule has 4 heteroatoms. The van der Waals surface area contributed by atoms with Gasteiger partial charge in [0.1, 0.15) is 22.8 Å². The van der Waals surface area contributed by atoms with E-state index >= 15 is 0 Å². The Morgan fingerprint density at radius 3 is 2.48 bits per heavy atom. The Hall–Kier alpha value is -3.27. The first-order valence-electron chi connectivity index (χ1n) is 7.89. The smallest absolute Gasteiger partial charge is 0.193 e. The number of hydrogen-bond donors (Lipinski definition) is 0. The lowest BCUT2D eigenvalue weighted by Crippen LogP contribution is -2.01. The molecule has 0 radical (unpaired) electrons. The summed E-state index contributed by atoms with van der Waals surface area (Å²) in [5, 5.41) is 2.51. The molecule has 124 valence electrons. The van der Waals surface area contributed by atoms with Gasteiger partial charge in [-0.05, 0) is 35.0 Å². The number of methoxy groups -OCH3 is 2. The first kappa shape index (κ1) is 15.3. The quantitative estimate of drug-likeness (QED) is 0.549. The van der Waals surface area contributed by atoms with Crippen LogP contribution in [0, 0.1) is 0 Å². The van der Waals surface area contributed by atoms with Crippen LogP contribution in [-0.4, -0.2) is 14.2 Å². The number of benzene rings is 3. The molecular formula is C21H16O4. The minimum absolute atomic E-state index is 0.120. The van der Waals surface area contributed by atoms with Crippen molar-refractivity contribution in [3.63, 3.8) is 0 Å². The summed E-state index contributed by atoms with van der Waals surface area (Å²) in [5.41, 5.74) is 1.17. The Kier molecular flexibility index (Phi) is 3.65. The molecule has 0 aliphatic heterocycles. The number of rotatable bonds is 3. The summed E-state index contributed by atoms with van der Waals surface area (Å²) in [7, 11) is 3.18. The average Bonchev–Trinajstić information content (AvgIpc) is 2.66. The molecule has 0 spiro atoms. The third-order valence-electron chi connectivity index (χ3n) is 4.29. The van der Waals surface area contributed by atoms with Crippen LogP contribution in [0.25, 0.3) is 33.1 Å². The monoisotopic (exact) mass is 332 g/mol. The van der Waals surface area contributed by atoms with Gasteiger partial charge in [-0.2, -0.15) is 0 Å². The molecular weight excluding hydrogens is 316 g/mol. The van der Waals surface area contributed by atoms with Crippen molar-refractivity contribution >= 4 is 21.7 Å². The fraction of sp³-hybridized carbons (Fsp3) is 0.0952. The zero-order valence-corrected chi connectivity index (χ0v) is 13.9. The van der Waals surface area contributed by atoms with E-state index in [2.05, 4.69) is 0 Å². The van der Waals surface area contributed by atoms with Gasteiger partial charge in [-0.25, -0.2) is 0 Å². The summed E-state index contributed by atoms with van der Waals surface area (Å²) >= 11 is 0. The molecule has 0 aliphatic carbocycles. The molecule has 0 atom stereocenters. The highest BCUT2D eigenvalue weighted by molar-refractivity contribution is 5.99. The number of fused-ring (bicyclic) bond motifs is 2. The van der Waals surface area contributed by atoms with Crippen LogP contribution < -0.4 is 14.9 Å². The zero-order chi connectivity index (χ0) is 17.4. The summed E-state index contributed by atoms with van der Waals surface area (Å²) in [5.74, 6) is 1.77. The fourth-order valence-corrected chi connectivity index (χ4v) is 3.06. The summed E-state index contributed by atoms with van der Waals surface area (Å²) in [4.78, 5) is 12.6. The van der Waals surface area contributed by atoms with E-state index in [1.807, 2.05) is 36.4 Å². The van der Waals surface area contributed by atoms with E-state index in [-0.39, 0.29) is 5.43 Å². The molecule has 0 saturated heterocycles. The highest BCUT2D eigenvalue weighted by atomic mass is 16.5. The van der Waals surface area contributed by atoms with Crippen molar-refractivity contribution in [3.05, 3.63) is 70.9 Å². The summed E-state index contributed by atoms with van der Waals surface area (Å²) in [6, 6.07) is 18.5. The largest absolute Gasteiger partial charge is 0.497 e. The molecule has 0 N–H and O–H groups in total. The van der Waals surface area contributed by atoms with Gasteiger partial charge in [-0.15, -0.1) is 0 Å². The topological polar surface area (TPSA) is 48.7 Å². The van der Waals surface area contributed by atoms with Gasteiger partial charge in [0.2, 0.25) is 0 Å². The third-order valence-corrected chi connectivity index (χ3v) is 4.29. The Morgan fingerprint density at radius 1 is 0.840 bits per heavy atom. The summed E-state index contributed by atoms with van der Waals surface area (Å²) in [6.45, 7) is 0. The molecule has 1 aromatic heterocycles. The third kappa shape index (κ3) is 2.52. The second-order valence-electron chi connectivity index (χ2n) is 5.70. The lowest BCUT2D eigenvalue weighted by molar-refractivity contribution is 0.414. The van der Waals surface area contributed by atoms with Crippen LogP contribution >= 0.6 is 0 Å². The minimum Gasteiger partial charge on any atom is -0.497 e. The van der Waals surface area contributed by atoms with Gasteiger partial charge in [-0.3, -0.25) is 4.79 Å². The minimum atomic E-state index is -0.120. The molecule has 0 aliphatic rings. The normalized spacial score (nSPS) is 11.0.